The second-order valence-corrected chi connectivity index (χ2v) is 16.3. The van der Waals surface area contributed by atoms with E-state index < -0.39 is 6.10 Å². The van der Waals surface area contributed by atoms with Gasteiger partial charge in [-0.2, -0.15) is 0 Å². The molecular formula is C54H92O6. The Kier molecular flexibility index (Phi) is 46.0. The number of unbranched alkanes of at least 4 members (excludes halogenated alkanes) is 21. The average molecular weight is 837 g/mol. The first-order valence-electron chi connectivity index (χ1n) is 24.9. The second-order valence-electron chi connectivity index (χ2n) is 16.3. The van der Waals surface area contributed by atoms with E-state index in [9.17, 15) is 14.4 Å². The largest absolute Gasteiger partial charge is 0.462 e. The summed E-state index contributed by atoms with van der Waals surface area (Å²) in [7, 11) is 0. The molecule has 0 saturated heterocycles. The molecule has 0 amide bonds. The molecule has 344 valence electrons. The van der Waals surface area contributed by atoms with Crippen LogP contribution in [0.3, 0.4) is 0 Å². The molecular weight excluding hydrogens is 745 g/mol. The minimum Gasteiger partial charge on any atom is -0.462 e. The maximum absolute atomic E-state index is 12.8. The Morgan fingerprint density at radius 3 is 1.15 bits per heavy atom. The predicted octanol–water partition coefficient (Wildman–Crippen LogP) is 16.3. The standard InChI is InChI=1S/C54H92O6/c1-4-7-10-13-16-19-22-24-26-27-28-30-32-35-38-41-44-47-53(56)59-50-51(49-58-52(55)46-43-40-37-34-31-21-18-15-12-9-6-3)60-54(57)48-45-42-39-36-33-29-25-23-20-17-14-11-8-5-2/h7,10,15-16,18-19,24,26,28,30,35,38,51H,4-6,8-9,11-14,17,20-23,25,27,29,31-34,36-37,39-50H2,1-3H3/b10-7-,18-15-,19-16-,26-24-,30-28-,38-35-. The molecule has 0 spiro atoms. The summed E-state index contributed by atoms with van der Waals surface area (Å²) < 4.78 is 16.7. The highest BCUT2D eigenvalue weighted by atomic mass is 16.6. The van der Waals surface area contributed by atoms with Crippen LogP contribution in [0.25, 0.3) is 0 Å². The van der Waals surface area contributed by atoms with Gasteiger partial charge in [0, 0.05) is 19.3 Å². The van der Waals surface area contributed by atoms with Crippen molar-refractivity contribution >= 4 is 17.9 Å². The lowest BCUT2D eigenvalue weighted by Gasteiger charge is -2.18. The van der Waals surface area contributed by atoms with Crippen LogP contribution in [0.5, 0.6) is 0 Å². The summed E-state index contributed by atoms with van der Waals surface area (Å²) in [6.45, 7) is 6.43. The van der Waals surface area contributed by atoms with Gasteiger partial charge in [-0.25, -0.2) is 0 Å². The molecule has 0 N–H and O–H groups in total. The average Bonchev–Trinajstić information content (AvgIpc) is 3.24. The van der Waals surface area contributed by atoms with Gasteiger partial charge in [-0.1, -0.05) is 209 Å². The number of hydrogen-bond donors (Lipinski definition) is 0. The summed E-state index contributed by atoms with van der Waals surface area (Å²) in [6.07, 6.45) is 60.3. The van der Waals surface area contributed by atoms with Gasteiger partial charge in [0.2, 0.25) is 0 Å². The van der Waals surface area contributed by atoms with Crippen molar-refractivity contribution in [2.24, 2.45) is 0 Å². The van der Waals surface area contributed by atoms with E-state index in [4.69, 9.17) is 14.2 Å². The van der Waals surface area contributed by atoms with E-state index in [1.165, 1.54) is 96.3 Å². The van der Waals surface area contributed by atoms with Crippen LogP contribution < -0.4 is 0 Å². The second kappa shape index (κ2) is 48.5. The molecule has 0 saturated carbocycles. The van der Waals surface area contributed by atoms with Gasteiger partial charge in [-0.15, -0.1) is 0 Å². The first-order chi connectivity index (χ1) is 29.5. The van der Waals surface area contributed by atoms with Gasteiger partial charge < -0.3 is 14.2 Å². The Bertz CT molecular complexity index is 1140. The molecule has 6 heteroatoms. The van der Waals surface area contributed by atoms with Crippen LogP contribution in [-0.4, -0.2) is 37.2 Å². The fraction of sp³-hybridized carbons (Fsp3) is 0.722. The van der Waals surface area contributed by atoms with E-state index >= 15 is 0 Å². The smallest absolute Gasteiger partial charge is 0.306 e. The third kappa shape index (κ3) is 45.9. The summed E-state index contributed by atoms with van der Waals surface area (Å²) in [5.41, 5.74) is 0. The van der Waals surface area contributed by atoms with E-state index in [0.717, 1.165) is 89.9 Å². The van der Waals surface area contributed by atoms with Gasteiger partial charge in [0.25, 0.3) is 0 Å². The van der Waals surface area contributed by atoms with Crippen LogP contribution in [0.1, 0.15) is 233 Å². The Balaban J connectivity index is 4.46. The van der Waals surface area contributed by atoms with E-state index in [2.05, 4.69) is 93.7 Å². The molecule has 0 aromatic carbocycles. The molecule has 0 aromatic heterocycles. The van der Waals surface area contributed by atoms with Crippen molar-refractivity contribution in [3.05, 3.63) is 72.9 Å². The molecule has 1 atom stereocenters. The highest BCUT2D eigenvalue weighted by molar-refractivity contribution is 5.71. The summed E-state index contributed by atoms with van der Waals surface area (Å²) >= 11 is 0. The Morgan fingerprint density at radius 2 is 0.683 bits per heavy atom. The SMILES string of the molecule is CC/C=C\C/C=C\C/C=C\C/C=C\C/C=C\CCCC(=O)OCC(COC(=O)CCCCCCC/C=C\CCCC)OC(=O)CCCCCCCCCCCCCCCC. The number of hydrogen-bond acceptors (Lipinski definition) is 6. The molecule has 6 nitrogen and oxygen atoms in total. The third-order valence-electron chi connectivity index (χ3n) is 10.4. The van der Waals surface area contributed by atoms with Crippen molar-refractivity contribution in [3.8, 4) is 0 Å². The fourth-order valence-electron chi connectivity index (χ4n) is 6.69. The van der Waals surface area contributed by atoms with Crippen molar-refractivity contribution in [1.29, 1.82) is 0 Å². The lowest BCUT2D eigenvalue weighted by molar-refractivity contribution is -0.167. The van der Waals surface area contributed by atoms with Gasteiger partial charge in [0.05, 0.1) is 0 Å². The molecule has 0 aliphatic heterocycles. The number of ether oxygens (including phenoxy) is 3. The van der Waals surface area contributed by atoms with E-state index in [1.807, 2.05) is 0 Å². The van der Waals surface area contributed by atoms with E-state index in [-0.39, 0.29) is 37.5 Å². The lowest BCUT2D eigenvalue weighted by Crippen LogP contribution is -2.30. The van der Waals surface area contributed by atoms with Crippen LogP contribution in [0.2, 0.25) is 0 Å². The highest BCUT2D eigenvalue weighted by Crippen LogP contribution is 2.15. The van der Waals surface area contributed by atoms with Crippen molar-refractivity contribution in [1.82, 2.24) is 0 Å². The summed E-state index contributed by atoms with van der Waals surface area (Å²) in [4.78, 5) is 37.9. The maximum Gasteiger partial charge on any atom is 0.306 e. The lowest BCUT2D eigenvalue weighted by atomic mass is 10.0. The Labute approximate surface area is 370 Å². The van der Waals surface area contributed by atoms with Gasteiger partial charge in [0.15, 0.2) is 6.10 Å². The topological polar surface area (TPSA) is 78.9 Å². The molecule has 0 aliphatic rings. The molecule has 0 aliphatic carbocycles. The number of allylic oxidation sites excluding steroid dienone is 12. The predicted molar refractivity (Wildman–Crippen MR) is 256 cm³/mol. The zero-order chi connectivity index (χ0) is 43.7. The first kappa shape index (κ1) is 56.9. The number of carbonyl (C=O) groups is 3. The van der Waals surface area contributed by atoms with Gasteiger partial charge in [0.1, 0.15) is 13.2 Å². The number of esters is 3. The van der Waals surface area contributed by atoms with Crippen LogP contribution in [-0.2, 0) is 28.6 Å². The normalized spacial score (nSPS) is 12.7. The molecule has 0 rings (SSSR count). The first-order valence-corrected chi connectivity index (χ1v) is 24.9. The van der Waals surface area contributed by atoms with Crippen molar-refractivity contribution in [2.75, 3.05) is 13.2 Å². The zero-order valence-electron chi connectivity index (χ0n) is 39.2. The molecule has 0 fully saturated rings. The Hall–Kier alpha value is -3.15. The minimum absolute atomic E-state index is 0.0962. The van der Waals surface area contributed by atoms with Gasteiger partial charge in [-0.3, -0.25) is 14.4 Å². The van der Waals surface area contributed by atoms with Crippen molar-refractivity contribution in [2.45, 2.75) is 239 Å². The molecule has 0 bridgehead atoms. The van der Waals surface area contributed by atoms with Crippen molar-refractivity contribution in [3.63, 3.8) is 0 Å². The number of rotatable bonds is 44. The van der Waals surface area contributed by atoms with E-state index in [0.29, 0.717) is 19.3 Å². The highest BCUT2D eigenvalue weighted by Gasteiger charge is 2.19. The molecule has 1 unspecified atom stereocenters. The number of carbonyl (C=O) groups excluding carboxylic acids is 3. The van der Waals surface area contributed by atoms with Crippen LogP contribution in [0, 0.1) is 0 Å². The zero-order valence-corrected chi connectivity index (χ0v) is 39.2. The van der Waals surface area contributed by atoms with Crippen molar-refractivity contribution < 1.29 is 28.6 Å². The molecule has 60 heavy (non-hydrogen) atoms. The van der Waals surface area contributed by atoms with Gasteiger partial charge >= 0.3 is 17.9 Å². The monoisotopic (exact) mass is 837 g/mol. The van der Waals surface area contributed by atoms with Crippen LogP contribution in [0.4, 0.5) is 0 Å². The third-order valence-corrected chi connectivity index (χ3v) is 10.4. The summed E-state index contributed by atoms with van der Waals surface area (Å²) in [6, 6.07) is 0. The van der Waals surface area contributed by atoms with Crippen LogP contribution >= 0.6 is 0 Å². The fourth-order valence-corrected chi connectivity index (χ4v) is 6.69. The minimum atomic E-state index is -0.798. The Morgan fingerprint density at radius 1 is 0.350 bits per heavy atom. The summed E-state index contributed by atoms with van der Waals surface area (Å²) in [5.74, 6) is -0.965. The maximum atomic E-state index is 12.8. The van der Waals surface area contributed by atoms with Gasteiger partial charge in [-0.05, 0) is 77.0 Å². The molecule has 0 radical (unpaired) electrons. The molecule has 0 heterocycles. The van der Waals surface area contributed by atoms with E-state index in [1.54, 1.807) is 0 Å². The molecule has 0 aromatic rings. The quantitative estimate of drug-likeness (QED) is 0.0263. The van der Waals surface area contributed by atoms with Crippen LogP contribution in [0.15, 0.2) is 72.9 Å². The summed E-state index contributed by atoms with van der Waals surface area (Å²) in [5, 5.41) is 0.